The molecule has 5 heteroatoms. The number of aryl methyl sites for hydroxylation is 1. The second kappa shape index (κ2) is 5.87. The lowest BCUT2D eigenvalue weighted by molar-refractivity contribution is 0.0563. The molecule has 0 spiro atoms. The zero-order valence-corrected chi connectivity index (χ0v) is 14.8. The van der Waals surface area contributed by atoms with Crippen LogP contribution in [-0.2, 0) is 11.2 Å². The second-order valence-electron chi connectivity index (χ2n) is 6.35. The van der Waals surface area contributed by atoms with E-state index in [0.29, 0.717) is 0 Å². The molecule has 0 saturated carbocycles. The van der Waals surface area contributed by atoms with E-state index in [2.05, 4.69) is 15.9 Å². The number of methoxy groups -OCH3 is 1. The minimum Gasteiger partial charge on any atom is -0.496 e. The normalized spacial score (nSPS) is 18.2. The van der Waals surface area contributed by atoms with E-state index < -0.39 is 5.60 Å². The Kier molecular flexibility index (Phi) is 4.51. The third-order valence-electron chi connectivity index (χ3n) is 3.48. The van der Waals surface area contributed by atoms with E-state index in [1.807, 2.05) is 39.8 Å². The van der Waals surface area contributed by atoms with Crippen LogP contribution in [0.15, 0.2) is 16.6 Å². The van der Waals surface area contributed by atoms with Crippen molar-refractivity contribution in [1.82, 2.24) is 0 Å². The van der Waals surface area contributed by atoms with Crippen molar-refractivity contribution >= 4 is 27.7 Å². The molecule has 0 aromatic heterocycles. The van der Waals surface area contributed by atoms with Crippen molar-refractivity contribution in [1.29, 1.82) is 0 Å². The highest BCUT2D eigenvalue weighted by atomic mass is 79.9. The minimum atomic E-state index is -0.502. The summed E-state index contributed by atoms with van der Waals surface area (Å²) in [6.07, 6.45) is 1.55. The zero-order valence-electron chi connectivity index (χ0n) is 13.2. The van der Waals surface area contributed by atoms with Crippen molar-refractivity contribution in [2.75, 3.05) is 12.0 Å². The van der Waals surface area contributed by atoms with Crippen LogP contribution in [0.5, 0.6) is 5.75 Å². The molecule has 1 atom stereocenters. The number of carbonyl (C=O) groups excluding carboxylic acids is 1. The average Bonchev–Trinajstić information content (AvgIpc) is 2.35. The van der Waals surface area contributed by atoms with Gasteiger partial charge in [0, 0.05) is 6.04 Å². The molecule has 1 aromatic carbocycles. The van der Waals surface area contributed by atoms with E-state index in [-0.39, 0.29) is 12.1 Å². The number of hydrogen-bond acceptors (Lipinski definition) is 3. The van der Waals surface area contributed by atoms with E-state index in [1.165, 1.54) is 0 Å². The second-order valence-corrected chi connectivity index (χ2v) is 7.21. The van der Waals surface area contributed by atoms with E-state index in [1.54, 1.807) is 12.0 Å². The Labute approximate surface area is 134 Å². The summed E-state index contributed by atoms with van der Waals surface area (Å²) in [5, 5.41) is 0. The van der Waals surface area contributed by atoms with E-state index in [4.69, 9.17) is 9.47 Å². The first-order valence-electron chi connectivity index (χ1n) is 7.11. The number of hydrogen-bond donors (Lipinski definition) is 0. The van der Waals surface area contributed by atoms with Gasteiger partial charge in [-0.1, -0.05) is 0 Å². The van der Waals surface area contributed by atoms with Gasteiger partial charge >= 0.3 is 6.09 Å². The molecule has 4 nitrogen and oxygen atoms in total. The van der Waals surface area contributed by atoms with Crippen molar-refractivity contribution in [2.24, 2.45) is 0 Å². The molecule has 0 fully saturated rings. The highest BCUT2D eigenvalue weighted by molar-refractivity contribution is 9.10. The van der Waals surface area contributed by atoms with Gasteiger partial charge in [-0.15, -0.1) is 0 Å². The van der Waals surface area contributed by atoms with Crippen molar-refractivity contribution in [3.05, 3.63) is 22.2 Å². The standard InChI is InChI=1S/C16H22BrNO3/c1-10-6-7-11-8-14(20-5)12(17)9-13(11)18(10)15(19)21-16(2,3)4/h8-10H,6-7H2,1-5H3. The Morgan fingerprint density at radius 3 is 2.62 bits per heavy atom. The summed E-state index contributed by atoms with van der Waals surface area (Å²) >= 11 is 3.49. The number of carbonyl (C=O) groups is 1. The van der Waals surface area contributed by atoms with E-state index >= 15 is 0 Å². The molecule has 0 saturated heterocycles. The summed E-state index contributed by atoms with van der Waals surface area (Å²) in [4.78, 5) is 14.3. The summed E-state index contributed by atoms with van der Waals surface area (Å²) in [7, 11) is 1.64. The van der Waals surface area contributed by atoms with Crippen LogP contribution in [0.4, 0.5) is 10.5 Å². The van der Waals surface area contributed by atoms with Crippen molar-refractivity contribution in [2.45, 2.75) is 52.2 Å². The molecule has 0 radical (unpaired) electrons. The van der Waals surface area contributed by atoms with Crippen LogP contribution in [-0.4, -0.2) is 24.8 Å². The fourth-order valence-electron chi connectivity index (χ4n) is 2.49. The molecule has 116 valence electrons. The number of amides is 1. The molecule has 1 aliphatic heterocycles. The first kappa shape index (κ1) is 16.1. The van der Waals surface area contributed by atoms with Gasteiger partial charge in [0.25, 0.3) is 0 Å². The van der Waals surface area contributed by atoms with Gasteiger partial charge in [0.05, 0.1) is 17.3 Å². The van der Waals surface area contributed by atoms with Crippen LogP contribution in [0, 0.1) is 0 Å². The largest absolute Gasteiger partial charge is 0.496 e. The van der Waals surface area contributed by atoms with Crippen molar-refractivity contribution in [3.63, 3.8) is 0 Å². The molecule has 1 unspecified atom stereocenters. The van der Waals surface area contributed by atoms with Gasteiger partial charge in [-0.05, 0) is 74.2 Å². The highest BCUT2D eigenvalue weighted by Crippen LogP contribution is 2.38. The van der Waals surface area contributed by atoms with Crippen molar-refractivity contribution < 1.29 is 14.3 Å². The smallest absolute Gasteiger partial charge is 0.415 e. The summed E-state index contributed by atoms with van der Waals surface area (Å²) in [6, 6.07) is 4.05. The van der Waals surface area contributed by atoms with E-state index in [0.717, 1.165) is 34.3 Å². The lowest BCUT2D eigenvalue weighted by Gasteiger charge is -2.36. The van der Waals surface area contributed by atoms with Crippen LogP contribution >= 0.6 is 15.9 Å². The molecule has 2 rings (SSSR count). The number of fused-ring (bicyclic) bond motifs is 1. The maximum Gasteiger partial charge on any atom is 0.415 e. The summed E-state index contributed by atoms with van der Waals surface area (Å²) in [5.74, 6) is 0.785. The average molecular weight is 356 g/mol. The molecular weight excluding hydrogens is 334 g/mol. The number of rotatable bonds is 1. The summed E-state index contributed by atoms with van der Waals surface area (Å²) in [6.45, 7) is 7.68. The Bertz CT molecular complexity index is 551. The summed E-state index contributed by atoms with van der Waals surface area (Å²) < 4.78 is 11.7. The van der Waals surface area contributed by atoms with Gasteiger partial charge in [0.2, 0.25) is 0 Å². The fourth-order valence-corrected chi connectivity index (χ4v) is 2.98. The topological polar surface area (TPSA) is 38.8 Å². The Morgan fingerprint density at radius 2 is 2.05 bits per heavy atom. The molecule has 1 aromatic rings. The van der Waals surface area contributed by atoms with E-state index in [9.17, 15) is 4.79 Å². The number of anilines is 1. The Hall–Kier alpha value is -1.23. The maximum absolute atomic E-state index is 12.5. The quantitative estimate of drug-likeness (QED) is 0.742. The van der Waals surface area contributed by atoms with Crippen LogP contribution in [0.25, 0.3) is 0 Å². The van der Waals surface area contributed by atoms with Gasteiger partial charge in [-0.3, -0.25) is 4.90 Å². The highest BCUT2D eigenvalue weighted by Gasteiger charge is 2.32. The Balaban J connectivity index is 2.40. The van der Waals surface area contributed by atoms with Gasteiger partial charge in [-0.25, -0.2) is 4.79 Å². The number of benzene rings is 1. The molecule has 1 aliphatic rings. The molecule has 1 amide bonds. The third-order valence-corrected chi connectivity index (χ3v) is 4.09. The fraction of sp³-hybridized carbons (Fsp3) is 0.562. The van der Waals surface area contributed by atoms with Gasteiger partial charge in [-0.2, -0.15) is 0 Å². The number of halogens is 1. The molecule has 0 aliphatic carbocycles. The monoisotopic (exact) mass is 355 g/mol. The Morgan fingerprint density at radius 1 is 1.38 bits per heavy atom. The predicted molar refractivity (Wildman–Crippen MR) is 87.2 cm³/mol. The first-order chi connectivity index (χ1) is 9.73. The maximum atomic E-state index is 12.5. The lowest BCUT2D eigenvalue weighted by atomic mass is 9.97. The number of ether oxygens (including phenoxy) is 2. The molecule has 1 heterocycles. The SMILES string of the molecule is COc1cc2c(cc1Br)N(C(=O)OC(C)(C)C)C(C)CC2. The molecule has 0 N–H and O–H groups in total. The van der Waals surface area contributed by atoms with Crippen LogP contribution in [0.2, 0.25) is 0 Å². The van der Waals surface area contributed by atoms with Crippen LogP contribution in [0.3, 0.4) is 0 Å². The third kappa shape index (κ3) is 3.51. The minimum absolute atomic E-state index is 0.118. The van der Waals surface area contributed by atoms with Gasteiger partial charge in [0.15, 0.2) is 0 Å². The van der Waals surface area contributed by atoms with Gasteiger partial charge < -0.3 is 9.47 Å². The molecular formula is C16H22BrNO3. The zero-order chi connectivity index (χ0) is 15.8. The first-order valence-corrected chi connectivity index (χ1v) is 7.91. The van der Waals surface area contributed by atoms with Crippen LogP contribution in [0.1, 0.15) is 39.7 Å². The van der Waals surface area contributed by atoms with Crippen LogP contribution < -0.4 is 9.64 Å². The molecule has 21 heavy (non-hydrogen) atoms. The lowest BCUT2D eigenvalue weighted by Crippen LogP contribution is -2.45. The molecule has 0 bridgehead atoms. The van der Waals surface area contributed by atoms with Gasteiger partial charge in [0.1, 0.15) is 11.4 Å². The van der Waals surface area contributed by atoms with Crippen molar-refractivity contribution in [3.8, 4) is 5.75 Å². The number of nitrogens with zero attached hydrogens (tertiary/aromatic N) is 1. The summed E-state index contributed by atoms with van der Waals surface area (Å²) in [5.41, 5.74) is 1.51. The predicted octanol–water partition coefficient (Wildman–Crippen LogP) is 4.53.